The van der Waals surface area contributed by atoms with E-state index in [1.807, 2.05) is 0 Å². The van der Waals surface area contributed by atoms with Crippen molar-refractivity contribution in [3.63, 3.8) is 0 Å². The van der Waals surface area contributed by atoms with Crippen LogP contribution >= 0.6 is 23.2 Å². The molecule has 1 aliphatic carbocycles. The van der Waals surface area contributed by atoms with Crippen LogP contribution in [0, 0.1) is 0 Å². The number of benzene rings is 1. The number of rotatable bonds is 5. The molecule has 0 saturated heterocycles. The summed E-state index contributed by atoms with van der Waals surface area (Å²) in [4.78, 5) is 23.0. The van der Waals surface area contributed by atoms with Crippen LogP contribution in [0.25, 0.3) is 0 Å². The Hall–Kier alpha value is -1.26. The first-order valence-electron chi connectivity index (χ1n) is 6.41. The summed E-state index contributed by atoms with van der Waals surface area (Å²) in [5, 5.41) is 12.8. The molecule has 1 fully saturated rings. The van der Waals surface area contributed by atoms with E-state index in [2.05, 4.69) is 5.32 Å². The van der Waals surface area contributed by atoms with Gasteiger partial charge in [0.2, 0.25) is 5.91 Å². The molecule has 2 N–H and O–H groups in total. The van der Waals surface area contributed by atoms with Gasteiger partial charge in [-0.2, -0.15) is 0 Å². The largest absolute Gasteiger partial charge is 0.480 e. The van der Waals surface area contributed by atoms with E-state index < -0.39 is 11.5 Å². The predicted molar refractivity (Wildman–Crippen MR) is 77.1 cm³/mol. The molecule has 0 heterocycles. The van der Waals surface area contributed by atoms with Gasteiger partial charge in [-0.1, -0.05) is 29.3 Å². The third-order valence-corrected chi connectivity index (χ3v) is 4.22. The number of carboxylic acid groups (broad SMARTS) is 1. The molecule has 1 aromatic carbocycles. The summed E-state index contributed by atoms with van der Waals surface area (Å²) in [6.45, 7) is 0. The van der Waals surface area contributed by atoms with Gasteiger partial charge in [-0.25, -0.2) is 4.79 Å². The SMILES string of the molecule is O=C(CCc1ccc(Cl)cc1Cl)NC1(C(=O)O)CCC1. The van der Waals surface area contributed by atoms with Crippen LogP contribution in [0.3, 0.4) is 0 Å². The standard InChI is InChI=1S/C14H15Cl2NO3/c15-10-4-2-9(11(16)8-10)3-5-12(18)17-14(13(19)20)6-1-7-14/h2,4,8H,1,3,5-7H2,(H,17,18)(H,19,20). The van der Waals surface area contributed by atoms with E-state index in [1.165, 1.54) is 0 Å². The molecule has 1 aromatic rings. The minimum Gasteiger partial charge on any atom is -0.480 e. The van der Waals surface area contributed by atoms with Crippen LogP contribution in [-0.4, -0.2) is 22.5 Å². The van der Waals surface area contributed by atoms with E-state index >= 15 is 0 Å². The quantitative estimate of drug-likeness (QED) is 0.877. The molecule has 0 bridgehead atoms. The van der Waals surface area contributed by atoms with Crippen LogP contribution in [0.1, 0.15) is 31.2 Å². The second-order valence-corrected chi connectivity index (χ2v) is 5.87. The normalized spacial score (nSPS) is 16.3. The van der Waals surface area contributed by atoms with Crippen molar-refractivity contribution in [3.8, 4) is 0 Å². The fraction of sp³-hybridized carbons (Fsp3) is 0.429. The topological polar surface area (TPSA) is 66.4 Å². The molecule has 1 amide bonds. The van der Waals surface area contributed by atoms with Crippen LogP contribution in [0.4, 0.5) is 0 Å². The molecule has 0 atom stereocenters. The first kappa shape index (κ1) is 15.1. The minimum absolute atomic E-state index is 0.205. The Morgan fingerprint density at radius 2 is 2.00 bits per heavy atom. The number of aliphatic carboxylic acids is 1. The Labute approximate surface area is 127 Å². The molecule has 0 unspecified atom stereocenters. The van der Waals surface area contributed by atoms with E-state index in [1.54, 1.807) is 18.2 Å². The lowest BCUT2D eigenvalue weighted by Crippen LogP contribution is -2.59. The zero-order chi connectivity index (χ0) is 14.8. The summed E-state index contributed by atoms with van der Waals surface area (Å²) in [6.07, 6.45) is 2.48. The van der Waals surface area contributed by atoms with Crippen molar-refractivity contribution < 1.29 is 14.7 Å². The van der Waals surface area contributed by atoms with E-state index in [4.69, 9.17) is 28.3 Å². The van der Waals surface area contributed by atoms with E-state index in [0.29, 0.717) is 29.3 Å². The van der Waals surface area contributed by atoms with Gasteiger partial charge in [0.05, 0.1) is 0 Å². The first-order chi connectivity index (χ1) is 9.43. The average Bonchev–Trinajstić information content (AvgIpc) is 2.32. The second-order valence-electron chi connectivity index (χ2n) is 5.02. The third kappa shape index (κ3) is 3.25. The Balaban J connectivity index is 1.91. The Kier molecular flexibility index (Phi) is 4.55. The highest BCUT2D eigenvalue weighted by Crippen LogP contribution is 2.32. The third-order valence-electron chi connectivity index (χ3n) is 3.63. The number of carbonyl (C=O) groups excluding carboxylic acids is 1. The van der Waals surface area contributed by atoms with Gasteiger partial charge in [0.1, 0.15) is 5.54 Å². The van der Waals surface area contributed by atoms with Crippen molar-refractivity contribution in [3.05, 3.63) is 33.8 Å². The number of carbonyl (C=O) groups is 2. The van der Waals surface area contributed by atoms with Crippen molar-refractivity contribution in [2.45, 2.75) is 37.6 Å². The summed E-state index contributed by atoms with van der Waals surface area (Å²) < 4.78 is 0. The number of amides is 1. The number of hydrogen-bond donors (Lipinski definition) is 2. The van der Waals surface area contributed by atoms with E-state index in [9.17, 15) is 9.59 Å². The van der Waals surface area contributed by atoms with Crippen LogP contribution in [0.15, 0.2) is 18.2 Å². The fourth-order valence-electron chi connectivity index (χ4n) is 2.22. The van der Waals surface area contributed by atoms with Crippen molar-refractivity contribution in [2.75, 3.05) is 0 Å². The lowest BCUT2D eigenvalue weighted by atomic mass is 9.76. The number of halogens is 2. The van der Waals surface area contributed by atoms with Crippen molar-refractivity contribution in [1.29, 1.82) is 0 Å². The summed E-state index contributed by atoms with van der Waals surface area (Å²) in [7, 11) is 0. The fourth-order valence-corrected chi connectivity index (χ4v) is 2.73. The maximum Gasteiger partial charge on any atom is 0.329 e. The van der Waals surface area contributed by atoms with Crippen LogP contribution < -0.4 is 5.32 Å². The Morgan fingerprint density at radius 3 is 2.50 bits per heavy atom. The summed E-state index contributed by atoms with van der Waals surface area (Å²) in [6, 6.07) is 5.11. The van der Waals surface area contributed by atoms with Gasteiger partial charge in [-0.15, -0.1) is 0 Å². The van der Waals surface area contributed by atoms with E-state index in [0.717, 1.165) is 12.0 Å². The molecular formula is C14H15Cl2NO3. The molecule has 0 aromatic heterocycles. The monoisotopic (exact) mass is 315 g/mol. The van der Waals surface area contributed by atoms with Gasteiger partial charge in [0.15, 0.2) is 0 Å². The minimum atomic E-state index is -1.05. The molecule has 20 heavy (non-hydrogen) atoms. The zero-order valence-corrected chi connectivity index (χ0v) is 12.3. The van der Waals surface area contributed by atoms with Crippen molar-refractivity contribution in [1.82, 2.24) is 5.32 Å². The lowest BCUT2D eigenvalue weighted by Gasteiger charge is -2.38. The molecule has 1 aliphatic rings. The van der Waals surface area contributed by atoms with Crippen LogP contribution in [0.2, 0.25) is 10.0 Å². The molecule has 0 radical (unpaired) electrons. The molecule has 6 heteroatoms. The van der Waals surface area contributed by atoms with Gasteiger partial charge >= 0.3 is 5.97 Å². The molecule has 1 saturated carbocycles. The van der Waals surface area contributed by atoms with Crippen molar-refractivity contribution >= 4 is 35.1 Å². The molecule has 0 aliphatic heterocycles. The number of aryl methyl sites for hydroxylation is 1. The molecule has 4 nitrogen and oxygen atoms in total. The number of carboxylic acids is 1. The highest BCUT2D eigenvalue weighted by molar-refractivity contribution is 6.35. The second kappa shape index (κ2) is 6.02. The smallest absolute Gasteiger partial charge is 0.329 e. The molecular weight excluding hydrogens is 301 g/mol. The van der Waals surface area contributed by atoms with Gasteiger partial charge in [-0.05, 0) is 43.4 Å². The highest BCUT2D eigenvalue weighted by atomic mass is 35.5. The summed E-state index contributed by atoms with van der Waals surface area (Å²) in [5.74, 6) is -1.22. The maximum absolute atomic E-state index is 11.9. The number of nitrogens with one attached hydrogen (secondary N) is 1. The number of hydrogen-bond acceptors (Lipinski definition) is 2. The zero-order valence-electron chi connectivity index (χ0n) is 10.8. The molecule has 0 spiro atoms. The van der Waals surface area contributed by atoms with Gasteiger partial charge < -0.3 is 10.4 Å². The van der Waals surface area contributed by atoms with E-state index in [-0.39, 0.29) is 12.3 Å². The Bertz CT molecular complexity index is 541. The molecule has 2 rings (SSSR count). The molecule has 108 valence electrons. The van der Waals surface area contributed by atoms with Crippen molar-refractivity contribution in [2.24, 2.45) is 0 Å². The average molecular weight is 316 g/mol. The maximum atomic E-state index is 11.9. The van der Waals surface area contributed by atoms with Crippen LogP contribution in [0.5, 0.6) is 0 Å². The predicted octanol–water partition coefficient (Wildman–Crippen LogP) is 3.05. The van der Waals surface area contributed by atoms with Crippen LogP contribution in [-0.2, 0) is 16.0 Å². The summed E-state index contributed by atoms with van der Waals surface area (Å²) >= 11 is 11.8. The first-order valence-corrected chi connectivity index (χ1v) is 7.17. The van der Waals surface area contributed by atoms with Gasteiger partial charge in [0.25, 0.3) is 0 Å². The summed E-state index contributed by atoms with van der Waals surface area (Å²) in [5.41, 5.74) is -0.231. The Morgan fingerprint density at radius 1 is 1.30 bits per heavy atom. The van der Waals surface area contributed by atoms with Gasteiger partial charge in [0, 0.05) is 16.5 Å². The lowest BCUT2D eigenvalue weighted by molar-refractivity contribution is -0.151. The van der Waals surface area contributed by atoms with Gasteiger partial charge in [-0.3, -0.25) is 4.79 Å². The highest BCUT2D eigenvalue weighted by Gasteiger charge is 2.45.